The van der Waals surface area contributed by atoms with Gasteiger partial charge >= 0.3 is 0 Å². The van der Waals surface area contributed by atoms with E-state index in [-0.39, 0.29) is 17.6 Å². The maximum atomic E-state index is 11.8. The summed E-state index contributed by atoms with van der Waals surface area (Å²) in [6.07, 6.45) is 4.52. The number of benzene rings is 1. The van der Waals surface area contributed by atoms with Gasteiger partial charge in [-0.2, -0.15) is 0 Å². The highest BCUT2D eigenvalue weighted by Crippen LogP contribution is 2.38. The standard InChI is InChI=1S/C14H17ClO/c15-10-14(16)13-9-5-4-8-12(13)11-6-2-1-3-7-11/h1-3,6-7,12-13H,4-5,8-10H2/t12-,13-/m0/s1. The molecule has 0 heterocycles. The van der Waals surface area contributed by atoms with Crippen LogP contribution in [0.3, 0.4) is 0 Å². The van der Waals surface area contributed by atoms with E-state index in [0.717, 1.165) is 19.3 Å². The van der Waals surface area contributed by atoms with Gasteiger partial charge in [0.2, 0.25) is 0 Å². The van der Waals surface area contributed by atoms with Crippen molar-refractivity contribution in [3.63, 3.8) is 0 Å². The van der Waals surface area contributed by atoms with Crippen molar-refractivity contribution in [2.45, 2.75) is 31.6 Å². The molecule has 2 rings (SSSR count). The molecule has 86 valence electrons. The fourth-order valence-electron chi connectivity index (χ4n) is 2.71. The molecule has 1 nitrogen and oxygen atoms in total. The van der Waals surface area contributed by atoms with Gasteiger partial charge in [0, 0.05) is 5.92 Å². The third-order valence-electron chi connectivity index (χ3n) is 3.54. The third-order valence-corrected chi connectivity index (χ3v) is 3.80. The van der Waals surface area contributed by atoms with Crippen LogP contribution in [0.15, 0.2) is 30.3 Å². The molecule has 1 fully saturated rings. The van der Waals surface area contributed by atoms with Gasteiger partial charge in [-0.3, -0.25) is 4.79 Å². The first-order chi connectivity index (χ1) is 7.83. The van der Waals surface area contributed by atoms with E-state index in [4.69, 9.17) is 11.6 Å². The van der Waals surface area contributed by atoms with Crippen LogP contribution in [0.25, 0.3) is 0 Å². The van der Waals surface area contributed by atoms with Crippen LogP contribution < -0.4 is 0 Å². The van der Waals surface area contributed by atoms with Crippen molar-refractivity contribution in [2.24, 2.45) is 5.92 Å². The number of alkyl halides is 1. The first kappa shape index (κ1) is 11.7. The molecule has 0 aliphatic heterocycles. The second kappa shape index (κ2) is 5.49. The maximum absolute atomic E-state index is 11.8. The number of ketones is 1. The van der Waals surface area contributed by atoms with Gasteiger partial charge in [-0.1, -0.05) is 43.2 Å². The van der Waals surface area contributed by atoms with Gasteiger partial charge < -0.3 is 0 Å². The van der Waals surface area contributed by atoms with E-state index in [1.54, 1.807) is 0 Å². The van der Waals surface area contributed by atoms with E-state index in [9.17, 15) is 4.79 Å². The average Bonchev–Trinajstić information content (AvgIpc) is 2.39. The minimum Gasteiger partial charge on any atom is -0.298 e. The van der Waals surface area contributed by atoms with Crippen LogP contribution in [0.1, 0.15) is 37.2 Å². The van der Waals surface area contributed by atoms with Crippen molar-refractivity contribution in [1.29, 1.82) is 0 Å². The Morgan fingerprint density at radius 1 is 1.19 bits per heavy atom. The lowest BCUT2D eigenvalue weighted by Gasteiger charge is -2.30. The number of carbonyl (C=O) groups is 1. The van der Waals surface area contributed by atoms with Crippen molar-refractivity contribution in [3.05, 3.63) is 35.9 Å². The normalized spacial score (nSPS) is 25.3. The Morgan fingerprint density at radius 3 is 2.56 bits per heavy atom. The molecule has 1 aliphatic rings. The Bertz CT molecular complexity index is 347. The molecule has 1 aromatic rings. The van der Waals surface area contributed by atoms with Gasteiger partial charge in [-0.25, -0.2) is 0 Å². The van der Waals surface area contributed by atoms with Crippen LogP contribution >= 0.6 is 11.6 Å². The molecule has 0 bridgehead atoms. The molecule has 0 saturated heterocycles. The maximum Gasteiger partial charge on any atom is 0.151 e. The van der Waals surface area contributed by atoms with Crippen LogP contribution in [0.5, 0.6) is 0 Å². The molecule has 1 aliphatic carbocycles. The molecule has 16 heavy (non-hydrogen) atoms. The topological polar surface area (TPSA) is 17.1 Å². The molecule has 0 aromatic heterocycles. The van der Waals surface area contributed by atoms with Crippen molar-refractivity contribution >= 4 is 17.4 Å². The van der Waals surface area contributed by atoms with Gasteiger partial charge in [0.1, 0.15) is 0 Å². The highest BCUT2D eigenvalue weighted by molar-refractivity contribution is 6.28. The highest BCUT2D eigenvalue weighted by Gasteiger charge is 2.30. The SMILES string of the molecule is O=C(CCl)[C@H]1CCCC[C@H]1c1ccccc1. The molecule has 0 N–H and O–H groups in total. The lowest BCUT2D eigenvalue weighted by molar-refractivity contribution is -0.121. The number of hydrogen-bond acceptors (Lipinski definition) is 1. The summed E-state index contributed by atoms with van der Waals surface area (Å²) in [4.78, 5) is 11.8. The first-order valence-electron chi connectivity index (χ1n) is 5.96. The molecule has 2 heteroatoms. The van der Waals surface area contributed by atoms with Crippen LogP contribution in [0.4, 0.5) is 0 Å². The fourth-order valence-corrected chi connectivity index (χ4v) is 2.91. The minimum atomic E-state index is 0.147. The highest BCUT2D eigenvalue weighted by atomic mass is 35.5. The lowest BCUT2D eigenvalue weighted by atomic mass is 9.74. The Balaban J connectivity index is 2.20. The second-order valence-electron chi connectivity index (χ2n) is 4.51. The summed E-state index contributed by atoms with van der Waals surface area (Å²) in [6, 6.07) is 10.4. The summed E-state index contributed by atoms with van der Waals surface area (Å²) in [5.41, 5.74) is 1.30. The summed E-state index contributed by atoms with van der Waals surface area (Å²) in [5, 5.41) is 0. The fraction of sp³-hybridized carbons (Fsp3) is 0.500. The van der Waals surface area contributed by atoms with Crippen molar-refractivity contribution in [1.82, 2.24) is 0 Å². The van der Waals surface area contributed by atoms with Gasteiger partial charge in [-0.05, 0) is 24.3 Å². The monoisotopic (exact) mass is 236 g/mol. The van der Waals surface area contributed by atoms with Crippen LogP contribution in [-0.4, -0.2) is 11.7 Å². The number of carbonyl (C=O) groups excluding carboxylic acids is 1. The predicted molar refractivity (Wildman–Crippen MR) is 66.9 cm³/mol. The van der Waals surface area contributed by atoms with Crippen molar-refractivity contribution < 1.29 is 4.79 Å². The first-order valence-corrected chi connectivity index (χ1v) is 6.50. The van der Waals surface area contributed by atoms with Gasteiger partial charge in [0.25, 0.3) is 0 Å². The summed E-state index contributed by atoms with van der Waals surface area (Å²) in [7, 11) is 0. The van der Waals surface area contributed by atoms with E-state index in [1.165, 1.54) is 12.0 Å². The minimum absolute atomic E-state index is 0.147. The smallest absolute Gasteiger partial charge is 0.151 e. The zero-order valence-electron chi connectivity index (χ0n) is 9.36. The van der Waals surface area contributed by atoms with E-state index in [1.807, 2.05) is 18.2 Å². The second-order valence-corrected chi connectivity index (χ2v) is 4.78. The Hall–Kier alpha value is -0.820. The van der Waals surface area contributed by atoms with E-state index >= 15 is 0 Å². The van der Waals surface area contributed by atoms with Gasteiger partial charge in [0.15, 0.2) is 5.78 Å². The molecule has 1 aromatic carbocycles. The molecule has 0 unspecified atom stereocenters. The van der Waals surface area contributed by atoms with Gasteiger partial charge in [-0.15, -0.1) is 11.6 Å². The zero-order chi connectivity index (χ0) is 11.4. The zero-order valence-corrected chi connectivity index (χ0v) is 10.1. The number of rotatable bonds is 3. The summed E-state index contributed by atoms with van der Waals surface area (Å²) in [5.74, 6) is 0.915. The summed E-state index contributed by atoms with van der Waals surface area (Å²) < 4.78 is 0. The number of halogens is 1. The summed E-state index contributed by atoms with van der Waals surface area (Å²) in [6.45, 7) is 0. The van der Waals surface area contributed by atoms with Crippen molar-refractivity contribution in [3.8, 4) is 0 Å². The van der Waals surface area contributed by atoms with Crippen LogP contribution in [0.2, 0.25) is 0 Å². The Kier molecular flexibility index (Phi) is 4.00. The lowest BCUT2D eigenvalue weighted by Crippen LogP contribution is -2.26. The molecular weight excluding hydrogens is 220 g/mol. The largest absolute Gasteiger partial charge is 0.298 e. The number of hydrogen-bond donors (Lipinski definition) is 0. The van der Waals surface area contributed by atoms with E-state index in [2.05, 4.69) is 12.1 Å². The summed E-state index contributed by atoms with van der Waals surface area (Å²) >= 11 is 5.69. The molecule has 0 spiro atoms. The van der Waals surface area contributed by atoms with E-state index < -0.39 is 0 Å². The Morgan fingerprint density at radius 2 is 1.88 bits per heavy atom. The third kappa shape index (κ3) is 2.46. The molecular formula is C14H17ClO. The van der Waals surface area contributed by atoms with Gasteiger partial charge in [0.05, 0.1) is 5.88 Å². The molecule has 2 atom stereocenters. The molecule has 0 radical (unpaired) electrons. The molecule has 0 amide bonds. The van der Waals surface area contributed by atoms with Crippen molar-refractivity contribution in [2.75, 3.05) is 5.88 Å². The Labute approximate surface area is 102 Å². The van der Waals surface area contributed by atoms with Crippen LogP contribution in [-0.2, 0) is 4.79 Å². The van der Waals surface area contributed by atoms with E-state index in [0.29, 0.717) is 5.92 Å². The quantitative estimate of drug-likeness (QED) is 0.731. The van der Waals surface area contributed by atoms with Crippen LogP contribution in [0, 0.1) is 5.92 Å². The predicted octanol–water partition coefficient (Wildman–Crippen LogP) is 3.77. The average molecular weight is 237 g/mol. The molecule has 1 saturated carbocycles. The number of Topliss-reactive ketones (excluding diaryl/α,β-unsaturated/α-hetero) is 1.